The Morgan fingerprint density at radius 2 is 2.13 bits per heavy atom. The topological polar surface area (TPSA) is 79.1 Å². The number of amides is 1. The molecule has 1 aliphatic heterocycles. The summed E-state index contributed by atoms with van der Waals surface area (Å²) in [5, 5.41) is 6.60. The molecule has 2 aliphatic rings. The lowest BCUT2D eigenvalue weighted by molar-refractivity contribution is 0.0492. The van der Waals surface area contributed by atoms with Gasteiger partial charge in [-0.25, -0.2) is 9.79 Å². The fourth-order valence-corrected chi connectivity index (χ4v) is 4.31. The van der Waals surface area contributed by atoms with Gasteiger partial charge in [-0.05, 0) is 58.6 Å². The Kier molecular flexibility index (Phi) is 9.27. The smallest absolute Gasteiger partial charge is 0.407 e. The van der Waals surface area contributed by atoms with Crippen molar-refractivity contribution in [2.45, 2.75) is 58.6 Å². The number of carbonyl (C=O) groups excluding carboxylic acids is 1. The highest BCUT2D eigenvalue weighted by atomic mass is 127. The summed E-state index contributed by atoms with van der Waals surface area (Å²) < 4.78 is 10.9. The highest BCUT2D eigenvalue weighted by molar-refractivity contribution is 14.0. The lowest BCUT2D eigenvalue weighted by Crippen LogP contribution is -2.45. The minimum atomic E-state index is -0.482. The van der Waals surface area contributed by atoms with Crippen LogP contribution in [0.1, 0.15) is 46.3 Å². The van der Waals surface area contributed by atoms with Gasteiger partial charge >= 0.3 is 6.09 Å². The first-order chi connectivity index (χ1) is 14.2. The summed E-state index contributed by atoms with van der Waals surface area (Å²) in [7, 11) is 0. The van der Waals surface area contributed by atoms with E-state index in [0.717, 1.165) is 56.2 Å². The Morgan fingerprint density at radius 1 is 1.35 bits per heavy atom. The molecule has 1 aliphatic carbocycles. The largest absolute Gasteiger partial charge is 0.469 e. The molecule has 3 rings (SSSR count). The molecule has 2 fully saturated rings. The number of likely N-dealkylation sites (tertiary alicyclic amines) is 1. The van der Waals surface area contributed by atoms with Crippen LogP contribution in [-0.4, -0.2) is 54.8 Å². The molecule has 0 radical (unpaired) electrons. The molecule has 8 heteroatoms. The summed E-state index contributed by atoms with van der Waals surface area (Å²) in [4.78, 5) is 19.3. The van der Waals surface area contributed by atoms with Gasteiger partial charge in [-0.1, -0.05) is 12.2 Å². The van der Waals surface area contributed by atoms with Gasteiger partial charge in [0.15, 0.2) is 5.96 Å². The third kappa shape index (κ3) is 7.73. The number of fused-ring (bicyclic) bond motifs is 1. The van der Waals surface area contributed by atoms with Crippen LogP contribution in [-0.2, 0) is 11.2 Å². The molecule has 1 saturated heterocycles. The summed E-state index contributed by atoms with van der Waals surface area (Å²) in [6.07, 6.45) is 4.31. The van der Waals surface area contributed by atoms with Crippen molar-refractivity contribution in [1.82, 2.24) is 15.5 Å². The van der Waals surface area contributed by atoms with Crippen LogP contribution in [0.5, 0.6) is 0 Å². The third-order valence-corrected chi connectivity index (χ3v) is 5.59. The molecule has 1 aromatic rings. The van der Waals surface area contributed by atoms with Crippen molar-refractivity contribution in [1.29, 1.82) is 0 Å². The number of furan rings is 1. The second-order valence-electron chi connectivity index (χ2n) is 9.51. The van der Waals surface area contributed by atoms with Crippen LogP contribution in [0.25, 0.3) is 0 Å². The van der Waals surface area contributed by atoms with Gasteiger partial charge in [-0.2, -0.15) is 0 Å². The zero-order valence-corrected chi connectivity index (χ0v) is 21.5. The summed E-state index contributed by atoms with van der Waals surface area (Å²) >= 11 is 0. The van der Waals surface area contributed by atoms with Crippen LogP contribution in [0.15, 0.2) is 40.0 Å². The zero-order chi connectivity index (χ0) is 21.7. The molecule has 3 atom stereocenters. The molecule has 1 saturated carbocycles. The lowest BCUT2D eigenvalue weighted by atomic mass is 9.98. The van der Waals surface area contributed by atoms with Crippen LogP contribution in [0.3, 0.4) is 0 Å². The van der Waals surface area contributed by atoms with Crippen molar-refractivity contribution in [3.63, 3.8) is 0 Å². The molecule has 0 spiro atoms. The number of nitrogens with zero attached hydrogens (tertiary/aromatic N) is 2. The number of guanidine groups is 1. The van der Waals surface area contributed by atoms with Gasteiger partial charge in [-0.15, -0.1) is 24.0 Å². The van der Waals surface area contributed by atoms with E-state index in [2.05, 4.69) is 22.1 Å². The van der Waals surface area contributed by atoms with Gasteiger partial charge in [-0.3, -0.25) is 0 Å². The molecule has 7 nitrogen and oxygen atoms in total. The van der Waals surface area contributed by atoms with Crippen molar-refractivity contribution in [2.75, 3.05) is 26.2 Å². The maximum Gasteiger partial charge on any atom is 0.407 e. The van der Waals surface area contributed by atoms with Gasteiger partial charge < -0.3 is 24.7 Å². The number of halogens is 1. The van der Waals surface area contributed by atoms with Gasteiger partial charge in [0, 0.05) is 38.0 Å². The number of nitrogens with one attached hydrogen (secondary N) is 2. The van der Waals surface area contributed by atoms with Gasteiger partial charge in [0.05, 0.1) is 12.8 Å². The molecule has 174 valence electrons. The highest BCUT2D eigenvalue weighted by Gasteiger charge is 2.44. The predicted molar refractivity (Wildman–Crippen MR) is 134 cm³/mol. The van der Waals surface area contributed by atoms with E-state index < -0.39 is 5.60 Å². The van der Waals surface area contributed by atoms with E-state index in [4.69, 9.17) is 14.1 Å². The summed E-state index contributed by atoms with van der Waals surface area (Å²) in [6, 6.07) is 4.05. The number of hydrogen-bond acceptors (Lipinski definition) is 4. The zero-order valence-electron chi connectivity index (χ0n) is 19.1. The molecule has 0 aromatic carbocycles. The molecule has 0 bridgehead atoms. The van der Waals surface area contributed by atoms with Gasteiger partial charge in [0.25, 0.3) is 0 Å². The number of aliphatic imine (C=N–C) groups is 1. The maximum absolute atomic E-state index is 12.2. The third-order valence-electron chi connectivity index (χ3n) is 5.59. The number of carbonyl (C=O) groups is 1. The van der Waals surface area contributed by atoms with Crippen molar-refractivity contribution in [2.24, 2.45) is 16.8 Å². The minimum Gasteiger partial charge on any atom is -0.469 e. The number of rotatable bonds is 6. The fourth-order valence-electron chi connectivity index (χ4n) is 4.31. The summed E-state index contributed by atoms with van der Waals surface area (Å²) in [5.41, 5.74) is 0.550. The second kappa shape index (κ2) is 11.2. The van der Waals surface area contributed by atoms with E-state index >= 15 is 0 Å². The summed E-state index contributed by atoms with van der Waals surface area (Å²) in [6.45, 7) is 14.8. The van der Waals surface area contributed by atoms with Crippen LogP contribution >= 0.6 is 24.0 Å². The van der Waals surface area contributed by atoms with E-state index in [1.807, 2.05) is 39.8 Å². The Bertz CT molecular complexity index is 757. The van der Waals surface area contributed by atoms with Gasteiger partial charge in [0.2, 0.25) is 0 Å². The monoisotopic (exact) mass is 544 g/mol. The highest BCUT2D eigenvalue weighted by Crippen LogP contribution is 2.38. The molecule has 1 aromatic heterocycles. The first-order valence-electron chi connectivity index (χ1n) is 10.9. The van der Waals surface area contributed by atoms with Crippen LogP contribution in [0.4, 0.5) is 4.79 Å². The predicted octanol–water partition coefficient (Wildman–Crippen LogP) is 4.20. The first kappa shape index (κ1) is 25.5. The standard InChI is InChI=1S/C23H36N4O3.HI/c1-16(2)13-25-21(24-11-10-18-7-6-12-29-18)27-14-17-8-9-20(19(17)15-27)26-22(28)30-23(3,4)5;/h6-7,12,17,19-20H,1,8-11,13-15H2,2-5H3,(H,24,25)(H,26,28);1H. The minimum absolute atomic E-state index is 0. The Labute approximate surface area is 203 Å². The van der Waals surface area contributed by atoms with E-state index in [9.17, 15) is 4.79 Å². The van der Waals surface area contributed by atoms with Crippen LogP contribution < -0.4 is 10.6 Å². The average Bonchev–Trinajstić information content (AvgIpc) is 3.35. The van der Waals surface area contributed by atoms with Crippen molar-refractivity contribution < 1.29 is 13.9 Å². The number of hydrogen-bond donors (Lipinski definition) is 2. The molecule has 2 N–H and O–H groups in total. The molecular weight excluding hydrogens is 507 g/mol. The fraction of sp³-hybridized carbons (Fsp3) is 0.652. The SMILES string of the molecule is C=C(C)CN=C(NCCc1ccco1)N1CC2CCC(NC(=O)OC(C)(C)C)C2C1.I. The Balaban J connectivity index is 0.00000341. The molecule has 31 heavy (non-hydrogen) atoms. The normalized spacial score (nSPS) is 23.2. The Morgan fingerprint density at radius 3 is 2.77 bits per heavy atom. The Hall–Kier alpha value is -1.71. The average molecular weight is 544 g/mol. The molecule has 2 heterocycles. The first-order valence-corrected chi connectivity index (χ1v) is 10.9. The summed E-state index contributed by atoms with van der Waals surface area (Å²) in [5.74, 6) is 2.85. The lowest BCUT2D eigenvalue weighted by Gasteiger charge is -2.26. The molecular formula is C23H37IN4O3. The van der Waals surface area contributed by atoms with Crippen LogP contribution in [0, 0.1) is 11.8 Å². The molecule has 1 amide bonds. The van der Waals surface area contributed by atoms with Crippen molar-refractivity contribution in [3.8, 4) is 0 Å². The molecule has 3 unspecified atom stereocenters. The van der Waals surface area contributed by atoms with Gasteiger partial charge in [0.1, 0.15) is 11.4 Å². The van der Waals surface area contributed by atoms with Crippen molar-refractivity contribution >= 4 is 36.0 Å². The quantitative estimate of drug-likeness (QED) is 0.243. The van der Waals surface area contributed by atoms with E-state index in [1.54, 1.807) is 6.26 Å². The van der Waals surface area contributed by atoms with E-state index in [-0.39, 0.29) is 36.1 Å². The van der Waals surface area contributed by atoms with Crippen LogP contribution in [0.2, 0.25) is 0 Å². The second-order valence-corrected chi connectivity index (χ2v) is 9.51. The maximum atomic E-state index is 12.2. The number of alkyl carbamates (subject to hydrolysis) is 1. The number of ether oxygens (including phenoxy) is 1. The van der Waals surface area contributed by atoms with Crippen molar-refractivity contribution in [3.05, 3.63) is 36.3 Å². The van der Waals surface area contributed by atoms with E-state index in [0.29, 0.717) is 18.4 Å². The van der Waals surface area contributed by atoms with E-state index in [1.165, 1.54) is 0 Å².